The van der Waals surface area contributed by atoms with Crippen LogP contribution < -0.4 is 25.6 Å². The minimum absolute atomic E-state index is 0.580. The first-order chi connectivity index (χ1) is 17.9. The number of rotatable bonds is 11. The van der Waals surface area contributed by atoms with Crippen molar-refractivity contribution in [2.75, 3.05) is 55.4 Å². The third-order valence-electron chi connectivity index (χ3n) is 6.27. The third-order valence-corrected chi connectivity index (χ3v) is 6.90. The van der Waals surface area contributed by atoms with Crippen LogP contribution in [0.15, 0.2) is 91.4 Å². The summed E-state index contributed by atoms with van der Waals surface area (Å²) in [6.07, 6.45) is 0. The van der Waals surface area contributed by atoms with Crippen molar-refractivity contribution in [1.29, 1.82) is 0 Å². The van der Waals surface area contributed by atoms with Crippen LogP contribution >= 0.6 is 23.2 Å². The number of anilines is 3. The van der Waals surface area contributed by atoms with Crippen LogP contribution in [-0.4, -0.2) is 44.7 Å². The smallest absolute Gasteiger partial charge is 0.118 e. The maximum absolute atomic E-state index is 6.29. The van der Waals surface area contributed by atoms with Gasteiger partial charge in [0.15, 0.2) is 0 Å². The zero-order valence-electron chi connectivity index (χ0n) is 21.1. The lowest BCUT2D eigenvalue weighted by Crippen LogP contribution is -2.46. The molecule has 0 bridgehead atoms. The van der Waals surface area contributed by atoms with E-state index in [1.807, 2.05) is 30.3 Å². The molecule has 0 atom stereocenters. The highest BCUT2D eigenvalue weighted by atomic mass is 35.5. The van der Waals surface area contributed by atoms with Crippen molar-refractivity contribution in [3.8, 4) is 5.75 Å². The molecule has 1 aliphatic rings. The van der Waals surface area contributed by atoms with E-state index in [4.69, 9.17) is 27.9 Å². The van der Waals surface area contributed by atoms with Gasteiger partial charge < -0.3 is 30.5 Å². The van der Waals surface area contributed by atoms with Gasteiger partial charge in [-0.25, -0.2) is 0 Å². The van der Waals surface area contributed by atoms with E-state index < -0.39 is 0 Å². The average molecular weight is 539 g/mol. The monoisotopic (exact) mass is 537 g/mol. The Hall–Kier alpha value is -3.32. The van der Waals surface area contributed by atoms with E-state index >= 15 is 0 Å². The highest BCUT2D eigenvalue weighted by Crippen LogP contribution is 2.31. The number of hydrogen-bond acceptors (Lipinski definition) is 6. The number of hydrogen-bond donors (Lipinski definition) is 3. The Kier molecular flexibility index (Phi) is 9.23. The summed E-state index contributed by atoms with van der Waals surface area (Å²) in [7, 11) is 1.67. The summed E-state index contributed by atoms with van der Waals surface area (Å²) in [6.45, 7) is 13.3. The first kappa shape index (κ1) is 26.7. The van der Waals surface area contributed by atoms with Gasteiger partial charge in [0.25, 0.3) is 0 Å². The number of nitrogens with one attached hydrogen (secondary N) is 3. The quantitative estimate of drug-likeness (QED) is 0.262. The molecule has 1 saturated heterocycles. The van der Waals surface area contributed by atoms with Crippen molar-refractivity contribution in [2.24, 2.45) is 0 Å². The van der Waals surface area contributed by atoms with E-state index in [0.717, 1.165) is 55.7 Å². The van der Waals surface area contributed by atoms with Gasteiger partial charge in [0.1, 0.15) is 5.75 Å². The van der Waals surface area contributed by atoms with E-state index in [9.17, 15) is 0 Å². The van der Waals surface area contributed by atoms with Crippen molar-refractivity contribution in [1.82, 2.24) is 10.2 Å². The molecule has 6 nitrogen and oxygen atoms in total. The molecule has 3 N–H and O–H groups in total. The van der Waals surface area contributed by atoms with Crippen LogP contribution in [0.5, 0.6) is 5.75 Å². The van der Waals surface area contributed by atoms with Crippen LogP contribution in [0.2, 0.25) is 10.0 Å². The molecule has 0 unspecified atom stereocenters. The van der Waals surface area contributed by atoms with Gasteiger partial charge in [0.05, 0.1) is 28.7 Å². The molecule has 1 fully saturated rings. The second kappa shape index (κ2) is 12.8. The minimum atomic E-state index is 0.580. The zero-order valence-corrected chi connectivity index (χ0v) is 22.6. The molecule has 1 heterocycles. The normalized spacial score (nSPS) is 13.3. The largest absolute Gasteiger partial charge is 0.497 e. The van der Waals surface area contributed by atoms with Gasteiger partial charge in [-0.05, 0) is 54.1 Å². The Bertz CT molecular complexity index is 1190. The lowest BCUT2D eigenvalue weighted by Gasteiger charge is -2.38. The Morgan fingerprint density at radius 2 is 1.51 bits per heavy atom. The number of piperazine rings is 1. The predicted octanol–water partition coefficient (Wildman–Crippen LogP) is 6.42. The zero-order chi connectivity index (χ0) is 26.2. The molecule has 0 saturated carbocycles. The van der Waals surface area contributed by atoms with Crippen LogP contribution in [0.3, 0.4) is 0 Å². The van der Waals surface area contributed by atoms with E-state index in [-0.39, 0.29) is 0 Å². The summed E-state index contributed by atoms with van der Waals surface area (Å²) < 4.78 is 5.20. The molecule has 194 valence electrons. The molecule has 1 aliphatic heterocycles. The average Bonchev–Trinajstić information content (AvgIpc) is 2.91. The first-order valence-corrected chi connectivity index (χ1v) is 13.0. The highest BCUT2D eigenvalue weighted by Gasteiger charge is 2.19. The van der Waals surface area contributed by atoms with E-state index in [2.05, 4.69) is 75.3 Å². The summed E-state index contributed by atoms with van der Waals surface area (Å²) >= 11 is 12.6. The van der Waals surface area contributed by atoms with Crippen molar-refractivity contribution >= 4 is 40.3 Å². The van der Waals surface area contributed by atoms with Crippen molar-refractivity contribution in [3.05, 3.63) is 107 Å². The maximum atomic E-state index is 6.29. The van der Waals surface area contributed by atoms with E-state index in [1.54, 1.807) is 7.11 Å². The van der Waals surface area contributed by atoms with Crippen molar-refractivity contribution < 1.29 is 4.74 Å². The van der Waals surface area contributed by atoms with Crippen LogP contribution in [0.25, 0.3) is 0 Å². The molecule has 0 radical (unpaired) electrons. The number of benzene rings is 3. The minimum Gasteiger partial charge on any atom is -0.497 e. The molecule has 0 aromatic heterocycles. The number of nitrogens with zero attached hydrogens (tertiary/aromatic N) is 2. The van der Waals surface area contributed by atoms with E-state index in [0.29, 0.717) is 22.3 Å². The topological polar surface area (TPSA) is 51.8 Å². The molecule has 0 amide bonds. The Labute approximate surface area is 229 Å². The second-order valence-electron chi connectivity index (χ2n) is 8.87. The number of methoxy groups -OCH3 is 1. The SMILES string of the molecule is C=C(CNCc1ccc(OC)cc1)Nc1ccc(N2CCN(C(=C)Nc3c(Cl)cccc3Cl)CC2)cc1. The van der Waals surface area contributed by atoms with Crippen LogP contribution in [0, 0.1) is 0 Å². The fourth-order valence-corrected chi connectivity index (χ4v) is 4.67. The number of ether oxygens (including phenoxy) is 1. The third kappa shape index (κ3) is 7.35. The van der Waals surface area contributed by atoms with Crippen LogP contribution in [0.4, 0.5) is 17.1 Å². The molecule has 3 aromatic rings. The fourth-order valence-electron chi connectivity index (χ4n) is 4.18. The lowest BCUT2D eigenvalue weighted by molar-refractivity contribution is 0.326. The first-order valence-electron chi connectivity index (χ1n) is 12.2. The molecular formula is C29H33Cl2N5O. The Morgan fingerprint density at radius 3 is 2.14 bits per heavy atom. The van der Waals surface area contributed by atoms with E-state index in [1.165, 1.54) is 11.3 Å². The van der Waals surface area contributed by atoms with Gasteiger partial charge in [-0.15, -0.1) is 0 Å². The summed E-state index contributed by atoms with van der Waals surface area (Å²) in [5.74, 6) is 1.66. The van der Waals surface area contributed by atoms with Gasteiger partial charge in [-0.3, -0.25) is 0 Å². The molecule has 4 rings (SSSR count). The molecule has 0 aliphatic carbocycles. The summed E-state index contributed by atoms with van der Waals surface area (Å²) in [5.41, 5.74) is 5.03. The predicted molar refractivity (Wildman–Crippen MR) is 157 cm³/mol. The number of halogens is 2. The van der Waals surface area contributed by atoms with Gasteiger partial charge in [0.2, 0.25) is 0 Å². The molecule has 0 spiro atoms. The second-order valence-corrected chi connectivity index (χ2v) is 9.68. The van der Waals surface area contributed by atoms with Gasteiger partial charge >= 0.3 is 0 Å². The van der Waals surface area contributed by atoms with Crippen LogP contribution in [0.1, 0.15) is 5.56 Å². The van der Waals surface area contributed by atoms with Crippen LogP contribution in [-0.2, 0) is 6.54 Å². The number of para-hydroxylation sites is 1. The molecule has 37 heavy (non-hydrogen) atoms. The van der Waals surface area contributed by atoms with Gasteiger partial charge in [0, 0.05) is 56.3 Å². The summed E-state index contributed by atoms with van der Waals surface area (Å²) in [4.78, 5) is 4.59. The highest BCUT2D eigenvalue weighted by molar-refractivity contribution is 6.39. The summed E-state index contributed by atoms with van der Waals surface area (Å²) in [5, 5.41) is 11.2. The Morgan fingerprint density at radius 1 is 0.865 bits per heavy atom. The molecular weight excluding hydrogens is 505 g/mol. The molecule has 3 aromatic carbocycles. The maximum Gasteiger partial charge on any atom is 0.118 e. The van der Waals surface area contributed by atoms with Crippen molar-refractivity contribution in [3.63, 3.8) is 0 Å². The fraction of sp³-hybridized carbons (Fsp3) is 0.241. The van der Waals surface area contributed by atoms with Gasteiger partial charge in [-0.1, -0.05) is 54.6 Å². The lowest BCUT2D eigenvalue weighted by atomic mass is 10.2. The van der Waals surface area contributed by atoms with Gasteiger partial charge in [-0.2, -0.15) is 0 Å². The molecule has 8 heteroatoms. The summed E-state index contributed by atoms with van der Waals surface area (Å²) in [6, 6.07) is 22.0. The Balaban J connectivity index is 1.20. The standard InChI is InChI=1S/C29H33Cl2N5O/c1-21(19-32-20-23-7-13-26(37-3)14-8-23)33-24-9-11-25(12-10-24)36-17-15-35(16-18-36)22(2)34-29-27(30)5-4-6-28(29)31/h4-14,32-34H,1-2,15-20H2,3H3. The van der Waals surface area contributed by atoms with Crippen molar-refractivity contribution in [2.45, 2.75) is 6.54 Å².